The van der Waals surface area contributed by atoms with Gasteiger partial charge in [0.15, 0.2) is 0 Å². The van der Waals surface area contributed by atoms with Crippen LogP contribution in [0.1, 0.15) is 40.0 Å². The van der Waals surface area contributed by atoms with Crippen LogP contribution < -0.4 is 0 Å². The molecule has 3 aromatic rings. The van der Waals surface area contributed by atoms with Crippen LogP contribution in [0.4, 0.5) is 4.39 Å². The fraction of sp³-hybridized carbons (Fsp3) is 0.333. The van der Waals surface area contributed by atoms with Crippen molar-refractivity contribution in [3.8, 4) is 0 Å². The summed E-state index contributed by atoms with van der Waals surface area (Å²) in [5.41, 5.74) is 2.65. The quantitative estimate of drug-likeness (QED) is 0.576. The van der Waals surface area contributed by atoms with Crippen LogP contribution in [0.5, 0.6) is 0 Å². The van der Waals surface area contributed by atoms with Crippen LogP contribution in [-0.2, 0) is 29.8 Å². The second kappa shape index (κ2) is 8.26. The molecule has 5 rings (SSSR count). The third kappa shape index (κ3) is 3.88. The summed E-state index contributed by atoms with van der Waals surface area (Å²) in [6.45, 7) is 1.30. The SMILES string of the molecule is CN(C(=O)c1cnn2c1CN(C(=O)Cc1ccc(F)c(Cl)c1)CC2)C1(c2ccncc2)CC1. The maximum Gasteiger partial charge on any atom is 0.257 e. The van der Waals surface area contributed by atoms with E-state index >= 15 is 0 Å². The zero-order chi connectivity index (χ0) is 23.2. The van der Waals surface area contributed by atoms with E-state index in [-0.39, 0.29) is 28.8 Å². The lowest BCUT2D eigenvalue weighted by atomic mass is 10.0. The van der Waals surface area contributed by atoms with Gasteiger partial charge in [-0.1, -0.05) is 17.7 Å². The van der Waals surface area contributed by atoms with E-state index in [1.807, 2.05) is 19.2 Å². The first-order valence-electron chi connectivity index (χ1n) is 10.8. The van der Waals surface area contributed by atoms with Gasteiger partial charge in [0.05, 0.1) is 47.5 Å². The minimum atomic E-state index is -0.512. The number of hydrogen-bond acceptors (Lipinski definition) is 4. The predicted molar refractivity (Wildman–Crippen MR) is 120 cm³/mol. The highest BCUT2D eigenvalue weighted by molar-refractivity contribution is 6.30. The third-order valence-electron chi connectivity index (χ3n) is 6.68. The van der Waals surface area contributed by atoms with Crippen molar-refractivity contribution in [2.45, 2.75) is 37.9 Å². The highest BCUT2D eigenvalue weighted by Crippen LogP contribution is 2.50. The number of fused-ring (bicyclic) bond motifs is 1. The van der Waals surface area contributed by atoms with Crippen molar-refractivity contribution in [1.29, 1.82) is 0 Å². The number of nitrogens with zero attached hydrogens (tertiary/aromatic N) is 5. The second-order valence-corrected chi connectivity index (χ2v) is 9.01. The van der Waals surface area contributed by atoms with E-state index in [1.54, 1.807) is 39.1 Å². The Kier molecular flexibility index (Phi) is 5.40. The van der Waals surface area contributed by atoms with Crippen molar-refractivity contribution in [3.05, 3.63) is 82.1 Å². The second-order valence-electron chi connectivity index (χ2n) is 8.60. The van der Waals surface area contributed by atoms with Crippen molar-refractivity contribution in [1.82, 2.24) is 24.6 Å². The summed E-state index contributed by atoms with van der Waals surface area (Å²) in [5.74, 6) is -0.722. The number of carbonyl (C=O) groups is 2. The number of halogens is 2. The molecule has 0 atom stereocenters. The molecule has 0 saturated heterocycles. The summed E-state index contributed by atoms with van der Waals surface area (Å²) in [4.78, 5) is 34.0. The Morgan fingerprint density at radius 3 is 2.64 bits per heavy atom. The van der Waals surface area contributed by atoms with Gasteiger partial charge in [0.2, 0.25) is 5.91 Å². The lowest BCUT2D eigenvalue weighted by Crippen LogP contribution is -2.41. The molecular weight excluding hydrogens is 445 g/mol. The van der Waals surface area contributed by atoms with Gasteiger partial charge in [-0.05, 0) is 48.2 Å². The summed E-state index contributed by atoms with van der Waals surface area (Å²) in [7, 11) is 1.82. The summed E-state index contributed by atoms with van der Waals surface area (Å²) >= 11 is 5.85. The van der Waals surface area contributed by atoms with Crippen molar-refractivity contribution in [2.24, 2.45) is 0 Å². The van der Waals surface area contributed by atoms with Gasteiger partial charge in [-0.2, -0.15) is 5.10 Å². The predicted octanol–water partition coefficient (Wildman–Crippen LogP) is 3.42. The Bertz CT molecular complexity index is 1220. The van der Waals surface area contributed by atoms with Crippen LogP contribution in [0, 0.1) is 5.82 Å². The molecule has 2 amide bonds. The number of benzene rings is 1. The molecule has 0 bridgehead atoms. The summed E-state index contributed by atoms with van der Waals surface area (Å²) < 4.78 is 15.2. The summed E-state index contributed by atoms with van der Waals surface area (Å²) in [6.07, 6.45) is 6.99. The lowest BCUT2D eigenvalue weighted by molar-refractivity contribution is -0.132. The van der Waals surface area contributed by atoms with Gasteiger partial charge in [-0.3, -0.25) is 19.3 Å². The molecule has 170 valence electrons. The van der Waals surface area contributed by atoms with Crippen LogP contribution in [0.15, 0.2) is 48.9 Å². The van der Waals surface area contributed by atoms with Gasteiger partial charge < -0.3 is 9.80 Å². The molecular formula is C24H23ClFN5O2. The normalized spacial score (nSPS) is 16.3. The minimum Gasteiger partial charge on any atom is -0.335 e. The van der Waals surface area contributed by atoms with Crippen molar-refractivity contribution in [3.63, 3.8) is 0 Å². The van der Waals surface area contributed by atoms with E-state index < -0.39 is 5.82 Å². The number of carbonyl (C=O) groups excluding carboxylic acids is 2. The van der Waals surface area contributed by atoms with Gasteiger partial charge in [-0.15, -0.1) is 0 Å². The first kappa shape index (κ1) is 21.6. The average Bonchev–Trinajstić information content (AvgIpc) is 3.54. The zero-order valence-electron chi connectivity index (χ0n) is 18.2. The number of aromatic nitrogens is 3. The zero-order valence-corrected chi connectivity index (χ0v) is 18.9. The van der Waals surface area contributed by atoms with Gasteiger partial charge in [0.1, 0.15) is 5.82 Å². The van der Waals surface area contributed by atoms with Crippen molar-refractivity contribution < 1.29 is 14.0 Å². The number of pyridine rings is 1. The Labute approximate surface area is 195 Å². The molecule has 1 aliphatic carbocycles. The fourth-order valence-electron chi connectivity index (χ4n) is 4.55. The first-order chi connectivity index (χ1) is 15.9. The molecule has 0 unspecified atom stereocenters. The molecule has 1 saturated carbocycles. The Morgan fingerprint density at radius 1 is 1.18 bits per heavy atom. The first-order valence-corrected chi connectivity index (χ1v) is 11.2. The molecule has 0 N–H and O–H groups in total. The topological polar surface area (TPSA) is 71.3 Å². The van der Waals surface area contributed by atoms with Crippen LogP contribution in [0.3, 0.4) is 0 Å². The highest BCUT2D eigenvalue weighted by atomic mass is 35.5. The van der Waals surface area contributed by atoms with Crippen LogP contribution >= 0.6 is 11.6 Å². The highest BCUT2D eigenvalue weighted by Gasteiger charge is 2.50. The van der Waals surface area contributed by atoms with E-state index in [2.05, 4.69) is 10.1 Å². The lowest BCUT2D eigenvalue weighted by Gasteiger charge is -2.31. The molecule has 9 heteroatoms. The van der Waals surface area contributed by atoms with Crippen molar-refractivity contribution in [2.75, 3.05) is 13.6 Å². The third-order valence-corrected chi connectivity index (χ3v) is 6.97. The van der Waals surface area contributed by atoms with E-state index in [0.29, 0.717) is 30.8 Å². The Balaban J connectivity index is 1.33. The average molecular weight is 468 g/mol. The number of rotatable bonds is 5. The van der Waals surface area contributed by atoms with Crippen LogP contribution in [0.2, 0.25) is 5.02 Å². The molecule has 3 heterocycles. The van der Waals surface area contributed by atoms with E-state index in [1.165, 1.54) is 12.1 Å². The number of hydrogen-bond donors (Lipinski definition) is 0. The van der Waals surface area contributed by atoms with E-state index in [4.69, 9.17) is 11.6 Å². The smallest absolute Gasteiger partial charge is 0.257 e. The van der Waals surface area contributed by atoms with E-state index in [0.717, 1.165) is 24.1 Å². The van der Waals surface area contributed by atoms with Crippen molar-refractivity contribution >= 4 is 23.4 Å². The maximum atomic E-state index is 13.5. The molecule has 33 heavy (non-hydrogen) atoms. The molecule has 2 aliphatic rings. The molecule has 1 fully saturated rings. The number of amides is 2. The van der Waals surface area contributed by atoms with Gasteiger partial charge in [0.25, 0.3) is 5.91 Å². The molecule has 7 nitrogen and oxygen atoms in total. The summed E-state index contributed by atoms with van der Waals surface area (Å²) in [6, 6.07) is 8.20. The molecule has 1 aromatic carbocycles. The Hall–Kier alpha value is -3.26. The van der Waals surface area contributed by atoms with E-state index in [9.17, 15) is 14.0 Å². The fourth-order valence-corrected chi connectivity index (χ4v) is 4.75. The summed E-state index contributed by atoms with van der Waals surface area (Å²) in [5, 5.41) is 4.39. The monoisotopic (exact) mass is 467 g/mol. The molecule has 0 spiro atoms. The minimum absolute atomic E-state index is 0.00357. The standard InChI is InChI=1S/C24H23ClFN5O2/c1-29(24(6-7-24)17-4-8-27-9-5-17)23(33)18-14-28-31-11-10-30(15-21(18)31)22(32)13-16-2-3-20(26)19(25)12-16/h2-5,8-9,12,14H,6-7,10-11,13,15H2,1H3. The van der Waals surface area contributed by atoms with Gasteiger partial charge in [-0.25, -0.2) is 4.39 Å². The molecule has 2 aromatic heterocycles. The van der Waals surface area contributed by atoms with Crippen LogP contribution in [0.25, 0.3) is 0 Å². The Morgan fingerprint density at radius 2 is 1.94 bits per heavy atom. The van der Waals surface area contributed by atoms with Crippen LogP contribution in [-0.4, -0.2) is 50.0 Å². The maximum absolute atomic E-state index is 13.5. The molecule has 0 radical (unpaired) electrons. The van der Waals surface area contributed by atoms with Gasteiger partial charge in [0, 0.05) is 26.0 Å². The molecule has 1 aliphatic heterocycles. The van der Waals surface area contributed by atoms with Gasteiger partial charge >= 0.3 is 0 Å². The largest absolute Gasteiger partial charge is 0.335 e.